The highest BCUT2D eigenvalue weighted by Crippen LogP contribution is 2.23. The number of rotatable bonds is 6. The number of hydrogen-bond donors (Lipinski definition) is 1. The Bertz CT molecular complexity index is 670. The fourth-order valence-electron chi connectivity index (χ4n) is 3.07. The van der Waals surface area contributed by atoms with Crippen molar-refractivity contribution in [2.75, 3.05) is 32.7 Å². The van der Waals surface area contributed by atoms with Crippen molar-refractivity contribution >= 4 is 23.4 Å². The second-order valence-electron chi connectivity index (χ2n) is 7.11. The van der Waals surface area contributed by atoms with Crippen LogP contribution in [0.1, 0.15) is 25.3 Å². The molecule has 1 unspecified atom stereocenters. The van der Waals surface area contributed by atoms with Crippen LogP contribution in [0.2, 0.25) is 5.02 Å². The summed E-state index contributed by atoms with van der Waals surface area (Å²) in [6.45, 7) is 6.73. The number of piperazine rings is 1. The van der Waals surface area contributed by atoms with E-state index in [0.29, 0.717) is 49.5 Å². The molecule has 1 aromatic carbocycles. The van der Waals surface area contributed by atoms with E-state index in [1.54, 1.807) is 19.1 Å². The van der Waals surface area contributed by atoms with Gasteiger partial charge in [-0.25, -0.2) is 0 Å². The van der Waals surface area contributed by atoms with Gasteiger partial charge in [-0.3, -0.25) is 14.5 Å². The molecule has 142 valence electrons. The van der Waals surface area contributed by atoms with Gasteiger partial charge in [-0.1, -0.05) is 11.6 Å². The molecule has 0 aromatic heterocycles. The van der Waals surface area contributed by atoms with Crippen LogP contribution in [0.15, 0.2) is 18.2 Å². The van der Waals surface area contributed by atoms with E-state index in [-0.39, 0.29) is 11.8 Å². The van der Waals surface area contributed by atoms with Gasteiger partial charge in [0.1, 0.15) is 5.75 Å². The van der Waals surface area contributed by atoms with Gasteiger partial charge in [-0.15, -0.1) is 0 Å². The van der Waals surface area contributed by atoms with Gasteiger partial charge in [-0.05, 0) is 50.5 Å². The standard InChI is InChI=1S/C19H26ClN3O3/c1-13-11-15(20)3-6-17(13)26-14(2)19(25)23-9-7-22(8-10-23)12-18(24)21-16-4-5-16/h3,6,11,14,16H,4-5,7-10,12H2,1-2H3,(H,21,24). The lowest BCUT2D eigenvalue weighted by Crippen LogP contribution is -2.53. The van der Waals surface area contributed by atoms with Crippen molar-refractivity contribution < 1.29 is 14.3 Å². The van der Waals surface area contributed by atoms with Crippen molar-refractivity contribution in [1.29, 1.82) is 0 Å². The summed E-state index contributed by atoms with van der Waals surface area (Å²) in [6.07, 6.45) is 1.64. The molecule has 1 aliphatic carbocycles. The normalized spacial score (nSPS) is 19.1. The molecule has 1 saturated carbocycles. The summed E-state index contributed by atoms with van der Waals surface area (Å²) in [5.41, 5.74) is 0.906. The molecule has 1 saturated heterocycles. The van der Waals surface area contributed by atoms with Gasteiger partial charge in [0.25, 0.3) is 5.91 Å². The van der Waals surface area contributed by atoms with E-state index in [1.807, 2.05) is 17.9 Å². The van der Waals surface area contributed by atoms with Crippen LogP contribution in [0.3, 0.4) is 0 Å². The van der Waals surface area contributed by atoms with Crippen molar-refractivity contribution in [3.63, 3.8) is 0 Å². The molecule has 1 aliphatic heterocycles. The first-order valence-corrected chi connectivity index (χ1v) is 9.53. The van der Waals surface area contributed by atoms with Gasteiger partial charge < -0.3 is 15.0 Å². The molecule has 1 heterocycles. The lowest BCUT2D eigenvalue weighted by molar-refractivity contribution is -0.139. The van der Waals surface area contributed by atoms with Gasteiger partial charge >= 0.3 is 0 Å². The first-order chi connectivity index (χ1) is 12.4. The minimum absolute atomic E-state index is 0.0265. The maximum absolute atomic E-state index is 12.6. The Morgan fingerprint density at radius 2 is 1.96 bits per heavy atom. The number of ether oxygens (including phenoxy) is 1. The number of amides is 2. The van der Waals surface area contributed by atoms with Gasteiger partial charge in [0, 0.05) is 37.2 Å². The first kappa shape index (κ1) is 19.0. The Kier molecular flexibility index (Phi) is 6.04. The summed E-state index contributed by atoms with van der Waals surface area (Å²) >= 11 is 5.95. The zero-order valence-corrected chi connectivity index (χ0v) is 16.1. The Labute approximate surface area is 159 Å². The van der Waals surface area contributed by atoms with Crippen molar-refractivity contribution in [1.82, 2.24) is 15.1 Å². The summed E-state index contributed by atoms with van der Waals surface area (Å²) in [5.74, 6) is 0.731. The maximum Gasteiger partial charge on any atom is 0.263 e. The van der Waals surface area contributed by atoms with Gasteiger partial charge in [0.05, 0.1) is 6.54 Å². The van der Waals surface area contributed by atoms with Gasteiger partial charge in [0.15, 0.2) is 6.10 Å². The van der Waals surface area contributed by atoms with Crippen molar-refractivity contribution in [2.45, 2.75) is 38.8 Å². The molecule has 0 bridgehead atoms. The predicted molar refractivity (Wildman–Crippen MR) is 100 cm³/mol. The molecule has 3 rings (SSSR count). The Morgan fingerprint density at radius 3 is 2.58 bits per heavy atom. The summed E-state index contributed by atoms with van der Waals surface area (Å²) in [5, 5.41) is 3.65. The number of nitrogens with zero attached hydrogens (tertiary/aromatic N) is 2. The van der Waals surface area contributed by atoms with E-state index in [0.717, 1.165) is 18.4 Å². The van der Waals surface area contributed by atoms with Crippen LogP contribution in [0.25, 0.3) is 0 Å². The third-order valence-electron chi connectivity index (χ3n) is 4.78. The molecule has 0 spiro atoms. The summed E-state index contributed by atoms with van der Waals surface area (Å²) < 4.78 is 5.83. The quantitative estimate of drug-likeness (QED) is 0.819. The second-order valence-corrected chi connectivity index (χ2v) is 7.55. The number of hydrogen-bond acceptors (Lipinski definition) is 4. The number of benzene rings is 1. The molecule has 2 fully saturated rings. The molecule has 6 nitrogen and oxygen atoms in total. The summed E-state index contributed by atoms with van der Waals surface area (Å²) in [4.78, 5) is 28.4. The molecule has 7 heteroatoms. The molecular formula is C19H26ClN3O3. The summed E-state index contributed by atoms with van der Waals surface area (Å²) in [7, 11) is 0. The third kappa shape index (κ3) is 5.11. The summed E-state index contributed by atoms with van der Waals surface area (Å²) in [6, 6.07) is 5.75. The van der Waals surface area contributed by atoms with E-state index >= 15 is 0 Å². The lowest BCUT2D eigenvalue weighted by atomic mass is 10.2. The Morgan fingerprint density at radius 1 is 1.27 bits per heavy atom. The number of aryl methyl sites for hydroxylation is 1. The molecule has 2 aliphatic rings. The minimum Gasteiger partial charge on any atom is -0.481 e. The topological polar surface area (TPSA) is 61.9 Å². The van der Waals surface area contributed by atoms with Crippen LogP contribution in [-0.2, 0) is 9.59 Å². The first-order valence-electron chi connectivity index (χ1n) is 9.15. The average Bonchev–Trinajstić information content (AvgIpc) is 3.41. The SMILES string of the molecule is Cc1cc(Cl)ccc1OC(C)C(=O)N1CCN(CC(=O)NC2CC2)CC1. The number of carbonyl (C=O) groups excluding carboxylic acids is 2. The van der Waals surface area contributed by atoms with E-state index < -0.39 is 6.10 Å². The van der Waals surface area contributed by atoms with E-state index in [4.69, 9.17) is 16.3 Å². The predicted octanol–water partition coefficient (Wildman–Crippen LogP) is 1.84. The van der Waals surface area contributed by atoms with E-state index in [2.05, 4.69) is 10.2 Å². The highest BCUT2D eigenvalue weighted by atomic mass is 35.5. The zero-order valence-electron chi connectivity index (χ0n) is 15.3. The fraction of sp³-hybridized carbons (Fsp3) is 0.579. The molecule has 1 aromatic rings. The number of halogens is 1. The lowest BCUT2D eigenvalue weighted by Gasteiger charge is -2.35. The maximum atomic E-state index is 12.6. The fourth-order valence-corrected chi connectivity index (χ4v) is 3.30. The third-order valence-corrected chi connectivity index (χ3v) is 5.02. The smallest absolute Gasteiger partial charge is 0.263 e. The van der Waals surface area contributed by atoms with Crippen LogP contribution in [0, 0.1) is 6.92 Å². The second kappa shape index (κ2) is 8.27. The van der Waals surface area contributed by atoms with Crippen molar-refractivity contribution in [3.8, 4) is 5.75 Å². The highest BCUT2D eigenvalue weighted by Gasteiger charge is 2.28. The largest absolute Gasteiger partial charge is 0.481 e. The zero-order chi connectivity index (χ0) is 18.7. The average molecular weight is 380 g/mol. The minimum atomic E-state index is -0.556. The molecule has 1 atom stereocenters. The monoisotopic (exact) mass is 379 g/mol. The number of nitrogens with one attached hydrogen (secondary N) is 1. The van der Waals surface area contributed by atoms with Gasteiger partial charge in [0.2, 0.25) is 5.91 Å². The molecule has 1 N–H and O–H groups in total. The van der Waals surface area contributed by atoms with Crippen molar-refractivity contribution in [3.05, 3.63) is 28.8 Å². The molecule has 2 amide bonds. The van der Waals surface area contributed by atoms with Crippen molar-refractivity contribution in [2.24, 2.45) is 0 Å². The molecule has 26 heavy (non-hydrogen) atoms. The van der Waals surface area contributed by atoms with Crippen LogP contribution < -0.4 is 10.1 Å². The highest BCUT2D eigenvalue weighted by molar-refractivity contribution is 6.30. The molecule has 0 radical (unpaired) electrons. The van der Waals surface area contributed by atoms with E-state index in [9.17, 15) is 9.59 Å². The number of carbonyl (C=O) groups is 2. The van der Waals surface area contributed by atoms with Gasteiger partial charge in [-0.2, -0.15) is 0 Å². The van der Waals surface area contributed by atoms with Crippen LogP contribution >= 0.6 is 11.6 Å². The Hall–Kier alpha value is -1.79. The Balaban J connectivity index is 1.45. The molecular weight excluding hydrogens is 354 g/mol. The van der Waals surface area contributed by atoms with Crippen LogP contribution in [-0.4, -0.2) is 66.5 Å². The van der Waals surface area contributed by atoms with Crippen LogP contribution in [0.4, 0.5) is 0 Å². The van der Waals surface area contributed by atoms with Crippen LogP contribution in [0.5, 0.6) is 5.75 Å². The van der Waals surface area contributed by atoms with E-state index in [1.165, 1.54) is 0 Å².